The van der Waals surface area contributed by atoms with E-state index >= 15 is 0 Å². The second-order valence-electron chi connectivity index (χ2n) is 7.32. The van der Waals surface area contributed by atoms with Crippen LogP contribution in [0.4, 0.5) is 4.79 Å². The fourth-order valence-corrected chi connectivity index (χ4v) is 4.17. The number of aromatic nitrogens is 3. The van der Waals surface area contributed by atoms with Crippen LogP contribution in [0.1, 0.15) is 57.7 Å². The molecule has 0 spiro atoms. The Hall–Kier alpha value is -1.63. The van der Waals surface area contributed by atoms with Crippen molar-refractivity contribution >= 4 is 6.03 Å². The number of carbonyl (C=O) groups excluding carboxylic acids is 1. The third kappa shape index (κ3) is 5.17. The molecule has 2 heterocycles. The fourth-order valence-electron chi connectivity index (χ4n) is 4.17. The van der Waals surface area contributed by atoms with Gasteiger partial charge in [-0.25, -0.2) is 4.79 Å². The molecule has 7 heteroatoms. The molecule has 0 radical (unpaired) electrons. The van der Waals surface area contributed by atoms with Crippen molar-refractivity contribution < 1.29 is 4.79 Å². The third-order valence-electron chi connectivity index (χ3n) is 5.53. The lowest BCUT2D eigenvalue weighted by Crippen LogP contribution is -2.53. The summed E-state index contributed by atoms with van der Waals surface area (Å²) in [6, 6.07) is 0.959. The van der Waals surface area contributed by atoms with Crippen molar-refractivity contribution in [2.24, 2.45) is 0 Å². The first-order valence-corrected chi connectivity index (χ1v) is 9.91. The molecule has 0 aromatic carbocycles. The van der Waals surface area contributed by atoms with Crippen molar-refractivity contribution in [2.45, 2.75) is 76.9 Å². The molecule has 1 aromatic rings. The molecule has 140 valence electrons. The van der Waals surface area contributed by atoms with E-state index in [0.29, 0.717) is 13.1 Å². The molecule has 1 aromatic heterocycles. The molecule has 25 heavy (non-hydrogen) atoms. The molecule has 1 atom stereocenters. The number of likely N-dealkylation sites (tertiary alicyclic amines) is 1. The Labute approximate surface area is 150 Å². The van der Waals surface area contributed by atoms with E-state index in [9.17, 15) is 4.79 Å². The minimum Gasteiger partial charge on any atom is -0.336 e. The van der Waals surface area contributed by atoms with Crippen LogP contribution < -0.4 is 10.6 Å². The van der Waals surface area contributed by atoms with Crippen LogP contribution in [0, 0.1) is 0 Å². The average Bonchev–Trinajstić information content (AvgIpc) is 3.10. The lowest BCUT2D eigenvalue weighted by Gasteiger charge is -2.40. The molecular weight excluding hydrogens is 316 g/mol. The topological polar surface area (TPSA) is 75.1 Å². The average molecular weight is 348 g/mol. The van der Waals surface area contributed by atoms with Gasteiger partial charge in [-0.3, -0.25) is 4.90 Å². The number of aryl methyl sites for hydroxylation is 1. The highest BCUT2D eigenvalue weighted by atomic mass is 16.2. The van der Waals surface area contributed by atoms with E-state index in [1.54, 1.807) is 6.33 Å². The summed E-state index contributed by atoms with van der Waals surface area (Å²) in [5, 5.41) is 14.1. The Kier molecular flexibility index (Phi) is 6.67. The highest BCUT2D eigenvalue weighted by Gasteiger charge is 2.27. The molecular formula is C18H32N6O. The number of amides is 2. The summed E-state index contributed by atoms with van der Waals surface area (Å²) in [6.07, 6.45) is 11.6. The van der Waals surface area contributed by atoms with Gasteiger partial charge in [-0.05, 0) is 32.2 Å². The predicted molar refractivity (Wildman–Crippen MR) is 97.4 cm³/mol. The van der Waals surface area contributed by atoms with Gasteiger partial charge in [0.25, 0.3) is 0 Å². The van der Waals surface area contributed by atoms with Crippen LogP contribution in [0.5, 0.6) is 0 Å². The van der Waals surface area contributed by atoms with Gasteiger partial charge in [-0.2, -0.15) is 0 Å². The van der Waals surface area contributed by atoms with Gasteiger partial charge >= 0.3 is 6.03 Å². The molecule has 2 fully saturated rings. The van der Waals surface area contributed by atoms with Gasteiger partial charge in [0, 0.05) is 38.1 Å². The van der Waals surface area contributed by atoms with Gasteiger partial charge < -0.3 is 15.2 Å². The number of urea groups is 1. The minimum atomic E-state index is -0.0541. The van der Waals surface area contributed by atoms with Crippen LogP contribution >= 0.6 is 0 Å². The van der Waals surface area contributed by atoms with Crippen LogP contribution in [0.15, 0.2) is 6.33 Å². The number of carbonyl (C=O) groups is 1. The summed E-state index contributed by atoms with van der Waals surface area (Å²) < 4.78 is 1.99. The van der Waals surface area contributed by atoms with Gasteiger partial charge in [-0.15, -0.1) is 10.2 Å². The summed E-state index contributed by atoms with van der Waals surface area (Å²) >= 11 is 0. The van der Waals surface area contributed by atoms with E-state index in [2.05, 4.69) is 32.7 Å². The van der Waals surface area contributed by atoms with E-state index in [-0.39, 0.29) is 12.1 Å². The fraction of sp³-hybridized carbons (Fsp3) is 0.833. The number of hydrogen-bond donors (Lipinski definition) is 2. The quantitative estimate of drug-likeness (QED) is 0.824. The highest BCUT2D eigenvalue weighted by molar-refractivity contribution is 5.74. The highest BCUT2D eigenvalue weighted by Crippen LogP contribution is 2.25. The summed E-state index contributed by atoms with van der Waals surface area (Å²) in [7, 11) is 0. The van der Waals surface area contributed by atoms with Gasteiger partial charge in [0.05, 0.1) is 0 Å². The van der Waals surface area contributed by atoms with Crippen molar-refractivity contribution in [1.29, 1.82) is 0 Å². The number of rotatable bonds is 6. The van der Waals surface area contributed by atoms with Gasteiger partial charge in [0.15, 0.2) is 0 Å². The molecule has 7 nitrogen and oxygen atoms in total. The van der Waals surface area contributed by atoms with Crippen LogP contribution in [-0.2, 0) is 13.0 Å². The van der Waals surface area contributed by atoms with E-state index in [1.165, 1.54) is 45.1 Å². The molecule has 2 amide bonds. The Bertz CT molecular complexity index is 539. The van der Waals surface area contributed by atoms with Crippen LogP contribution in [0.2, 0.25) is 0 Å². The molecule has 1 aliphatic heterocycles. The second-order valence-corrected chi connectivity index (χ2v) is 7.32. The van der Waals surface area contributed by atoms with Crippen molar-refractivity contribution in [3.05, 3.63) is 12.2 Å². The molecule has 2 N–H and O–H groups in total. The van der Waals surface area contributed by atoms with Crippen molar-refractivity contribution in [3.8, 4) is 0 Å². The smallest absolute Gasteiger partial charge is 0.315 e. The van der Waals surface area contributed by atoms with E-state index in [4.69, 9.17) is 0 Å². The Morgan fingerprint density at radius 2 is 2.08 bits per heavy atom. The first-order chi connectivity index (χ1) is 12.3. The summed E-state index contributed by atoms with van der Waals surface area (Å²) in [5.74, 6) is 0.956. The maximum absolute atomic E-state index is 12.2. The summed E-state index contributed by atoms with van der Waals surface area (Å²) in [4.78, 5) is 14.8. The number of piperidine rings is 1. The molecule has 1 saturated carbocycles. The van der Waals surface area contributed by atoms with E-state index in [1.807, 2.05) is 4.57 Å². The van der Waals surface area contributed by atoms with Crippen LogP contribution in [0.3, 0.4) is 0 Å². The summed E-state index contributed by atoms with van der Waals surface area (Å²) in [6.45, 7) is 5.56. The third-order valence-corrected chi connectivity index (χ3v) is 5.53. The first-order valence-electron chi connectivity index (χ1n) is 9.91. The molecule has 1 saturated heterocycles. The standard InChI is InChI=1S/C18H32N6O/c1-2-17-22-20-14-24(17)12-10-19-18(25)21-15-7-6-11-23(13-15)16-8-4-3-5-9-16/h14-16H,2-13H2,1H3,(H2,19,21,25)/t15-/m1/s1. The number of nitrogens with zero attached hydrogens (tertiary/aromatic N) is 4. The lowest BCUT2D eigenvalue weighted by atomic mass is 9.92. The predicted octanol–water partition coefficient (Wildman–Crippen LogP) is 1.94. The number of nitrogens with one attached hydrogen (secondary N) is 2. The maximum Gasteiger partial charge on any atom is 0.315 e. The first kappa shape index (κ1) is 18.2. The largest absolute Gasteiger partial charge is 0.336 e. The molecule has 1 aliphatic carbocycles. The van der Waals surface area contributed by atoms with E-state index < -0.39 is 0 Å². The Morgan fingerprint density at radius 1 is 1.24 bits per heavy atom. The van der Waals surface area contributed by atoms with Crippen molar-refractivity contribution in [2.75, 3.05) is 19.6 Å². The minimum absolute atomic E-state index is 0.0541. The molecule has 0 unspecified atom stereocenters. The zero-order valence-electron chi connectivity index (χ0n) is 15.4. The van der Waals surface area contributed by atoms with Gasteiger partial charge in [0.1, 0.15) is 12.2 Å². The van der Waals surface area contributed by atoms with E-state index in [0.717, 1.165) is 31.3 Å². The van der Waals surface area contributed by atoms with Crippen LogP contribution in [-0.4, -0.2) is 57.4 Å². The van der Waals surface area contributed by atoms with Gasteiger partial charge in [0.2, 0.25) is 0 Å². The monoisotopic (exact) mass is 348 g/mol. The Balaban J connectivity index is 1.38. The molecule has 0 bridgehead atoms. The zero-order valence-corrected chi connectivity index (χ0v) is 15.4. The maximum atomic E-state index is 12.2. The molecule has 3 rings (SSSR count). The second kappa shape index (κ2) is 9.17. The van der Waals surface area contributed by atoms with Crippen LogP contribution in [0.25, 0.3) is 0 Å². The SMILES string of the molecule is CCc1nncn1CCNC(=O)N[C@@H]1CCCN(C2CCCCC2)C1. The lowest BCUT2D eigenvalue weighted by molar-refractivity contribution is 0.112. The molecule has 2 aliphatic rings. The summed E-state index contributed by atoms with van der Waals surface area (Å²) in [5.41, 5.74) is 0. The normalized spacial score (nSPS) is 22.7. The van der Waals surface area contributed by atoms with Crippen molar-refractivity contribution in [3.63, 3.8) is 0 Å². The zero-order chi connectivity index (χ0) is 17.5. The van der Waals surface area contributed by atoms with Crippen molar-refractivity contribution in [1.82, 2.24) is 30.3 Å². The Morgan fingerprint density at radius 3 is 2.88 bits per heavy atom. The number of hydrogen-bond acceptors (Lipinski definition) is 4. The van der Waals surface area contributed by atoms with Gasteiger partial charge in [-0.1, -0.05) is 26.2 Å².